The number of aromatic nitrogens is 3. The minimum atomic E-state index is -0.0986. The quantitative estimate of drug-likeness (QED) is 0.718. The zero-order valence-corrected chi connectivity index (χ0v) is 17.0. The third kappa shape index (κ3) is 5.92. The van der Waals surface area contributed by atoms with Gasteiger partial charge in [-0.3, -0.25) is 0 Å². The van der Waals surface area contributed by atoms with Crippen LogP contribution in [0.25, 0.3) is 0 Å². The van der Waals surface area contributed by atoms with Crippen LogP contribution in [0.2, 0.25) is 5.28 Å². The lowest BCUT2D eigenvalue weighted by Crippen LogP contribution is -2.27. The van der Waals surface area contributed by atoms with Crippen LogP contribution in [0.15, 0.2) is 18.2 Å². The summed E-state index contributed by atoms with van der Waals surface area (Å²) in [6.07, 6.45) is 1.50. The summed E-state index contributed by atoms with van der Waals surface area (Å²) in [6, 6.07) is 6.41. The maximum Gasteiger partial charge on any atom is 0.227 e. The highest BCUT2D eigenvalue weighted by molar-refractivity contribution is 6.28. The predicted molar refractivity (Wildman–Crippen MR) is 107 cm³/mol. The van der Waals surface area contributed by atoms with E-state index in [2.05, 4.69) is 73.1 Å². The van der Waals surface area contributed by atoms with Crippen molar-refractivity contribution in [2.45, 2.75) is 59.4 Å². The second-order valence-electron chi connectivity index (χ2n) is 7.45. The molecule has 5 nitrogen and oxygen atoms in total. The van der Waals surface area contributed by atoms with E-state index in [0.717, 1.165) is 6.42 Å². The van der Waals surface area contributed by atoms with Gasteiger partial charge < -0.3 is 10.4 Å². The number of aliphatic hydroxyl groups excluding tert-OH is 1. The van der Waals surface area contributed by atoms with E-state index in [9.17, 15) is 5.11 Å². The van der Waals surface area contributed by atoms with Gasteiger partial charge in [-0.1, -0.05) is 39.0 Å². The molecule has 6 heteroatoms. The molecular formula is C20H29ClN4O. The summed E-state index contributed by atoms with van der Waals surface area (Å²) in [5.74, 6) is 1.80. The molecule has 0 radical (unpaired) electrons. The van der Waals surface area contributed by atoms with E-state index in [1.165, 1.54) is 16.7 Å². The molecule has 0 saturated heterocycles. The average molecular weight is 377 g/mol. The third-order valence-corrected chi connectivity index (χ3v) is 4.72. The van der Waals surface area contributed by atoms with Crippen LogP contribution in [0.4, 0.5) is 5.95 Å². The lowest BCUT2D eigenvalue weighted by Gasteiger charge is -2.19. The molecule has 2 N–H and O–H groups in total. The minimum Gasteiger partial charge on any atom is -0.394 e. The fraction of sp³-hybridized carbons (Fsp3) is 0.550. The summed E-state index contributed by atoms with van der Waals surface area (Å²) in [5.41, 5.74) is 3.83. The zero-order chi connectivity index (χ0) is 19.3. The molecule has 142 valence electrons. The van der Waals surface area contributed by atoms with E-state index in [1.807, 2.05) is 0 Å². The van der Waals surface area contributed by atoms with Crippen LogP contribution >= 0.6 is 11.6 Å². The normalized spacial score (nSPS) is 13.7. The molecule has 2 unspecified atom stereocenters. The van der Waals surface area contributed by atoms with Crippen LogP contribution in [0.3, 0.4) is 0 Å². The first-order valence-corrected chi connectivity index (χ1v) is 9.51. The molecule has 2 rings (SSSR count). The van der Waals surface area contributed by atoms with E-state index in [0.29, 0.717) is 24.1 Å². The number of anilines is 1. The number of rotatable bonds is 8. The second kappa shape index (κ2) is 9.28. The summed E-state index contributed by atoms with van der Waals surface area (Å²) in [4.78, 5) is 12.9. The monoisotopic (exact) mass is 376 g/mol. The maximum atomic E-state index is 9.55. The number of aryl methyl sites for hydroxylation is 2. The van der Waals surface area contributed by atoms with Gasteiger partial charge in [0.25, 0.3) is 0 Å². The molecule has 0 amide bonds. The van der Waals surface area contributed by atoms with Crippen molar-refractivity contribution in [3.63, 3.8) is 0 Å². The summed E-state index contributed by atoms with van der Waals surface area (Å²) >= 11 is 6.09. The first kappa shape index (κ1) is 20.6. The topological polar surface area (TPSA) is 70.9 Å². The molecule has 1 aromatic carbocycles. The van der Waals surface area contributed by atoms with Gasteiger partial charge in [0.2, 0.25) is 11.2 Å². The van der Waals surface area contributed by atoms with Gasteiger partial charge in [-0.25, -0.2) is 4.98 Å². The fourth-order valence-corrected chi connectivity index (χ4v) is 3.12. The molecule has 1 aromatic heterocycles. The number of benzene rings is 1. The smallest absolute Gasteiger partial charge is 0.227 e. The molecule has 0 bridgehead atoms. The minimum absolute atomic E-state index is 0.0237. The molecule has 26 heavy (non-hydrogen) atoms. The van der Waals surface area contributed by atoms with Crippen molar-refractivity contribution in [1.82, 2.24) is 15.0 Å². The third-order valence-electron chi connectivity index (χ3n) is 4.55. The lowest BCUT2D eigenvalue weighted by molar-refractivity contribution is 0.259. The molecule has 0 aliphatic carbocycles. The van der Waals surface area contributed by atoms with E-state index in [4.69, 9.17) is 11.6 Å². The Hall–Kier alpha value is -1.72. The van der Waals surface area contributed by atoms with Crippen LogP contribution in [0.5, 0.6) is 0 Å². The summed E-state index contributed by atoms with van der Waals surface area (Å²) in [6.45, 7) is 10.6. The van der Waals surface area contributed by atoms with Crippen molar-refractivity contribution >= 4 is 17.5 Å². The number of nitrogens with zero attached hydrogens (tertiary/aromatic N) is 3. The highest BCUT2D eigenvalue weighted by Crippen LogP contribution is 2.22. The maximum absolute atomic E-state index is 9.55. The molecule has 0 fully saturated rings. The van der Waals surface area contributed by atoms with Gasteiger partial charge in [0, 0.05) is 6.42 Å². The largest absolute Gasteiger partial charge is 0.394 e. The number of hydrogen-bond acceptors (Lipinski definition) is 5. The Kier molecular flexibility index (Phi) is 7.35. The molecule has 2 aromatic rings. The van der Waals surface area contributed by atoms with Gasteiger partial charge in [0.15, 0.2) is 0 Å². The molecule has 0 aliphatic rings. The van der Waals surface area contributed by atoms with Crippen LogP contribution < -0.4 is 5.32 Å². The van der Waals surface area contributed by atoms with Crippen LogP contribution in [0, 0.1) is 19.8 Å². The van der Waals surface area contributed by atoms with Crippen molar-refractivity contribution in [3.8, 4) is 0 Å². The number of halogens is 1. The summed E-state index contributed by atoms with van der Waals surface area (Å²) in [5, 5.41) is 12.9. The molecule has 2 atom stereocenters. The van der Waals surface area contributed by atoms with Gasteiger partial charge in [-0.2, -0.15) is 9.97 Å². The van der Waals surface area contributed by atoms with E-state index in [-0.39, 0.29) is 23.9 Å². The Morgan fingerprint density at radius 3 is 2.42 bits per heavy atom. The predicted octanol–water partition coefficient (Wildman–Crippen LogP) is 4.31. The van der Waals surface area contributed by atoms with Crippen LogP contribution in [-0.4, -0.2) is 32.7 Å². The van der Waals surface area contributed by atoms with Gasteiger partial charge in [0.1, 0.15) is 5.82 Å². The van der Waals surface area contributed by atoms with Gasteiger partial charge in [-0.05, 0) is 60.4 Å². The van der Waals surface area contributed by atoms with E-state index in [1.54, 1.807) is 0 Å². The highest BCUT2D eigenvalue weighted by Gasteiger charge is 2.15. The Morgan fingerprint density at radius 1 is 1.08 bits per heavy atom. The first-order valence-electron chi connectivity index (χ1n) is 9.13. The summed E-state index contributed by atoms with van der Waals surface area (Å²) in [7, 11) is 0. The molecule has 1 heterocycles. The molecule has 0 saturated carbocycles. The Bertz CT molecular complexity index is 736. The number of nitrogens with one attached hydrogen (secondary N) is 1. The van der Waals surface area contributed by atoms with Gasteiger partial charge in [0.05, 0.1) is 12.6 Å². The number of aliphatic hydroxyl groups is 1. The van der Waals surface area contributed by atoms with Crippen LogP contribution in [-0.2, 0) is 6.42 Å². The molecule has 0 spiro atoms. The summed E-state index contributed by atoms with van der Waals surface area (Å²) < 4.78 is 0. The number of hydrogen-bond donors (Lipinski definition) is 2. The van der Waals surface area contributed by atoms with Crippen molar-refractivity contribution in [3.05, 3.63) is 46.0 Å². The van der Waals surface area contributed by atoms with E-state index >= 15 is 0 Å². The first-order chi connectivity index (χ1) is 12.3. The van der Waals surface area contributed by atoms with Crippen molar-refractivity contribution in [2.75, 3.05) is 11.9 Å². The fourth-order valence-electron chi connectivity index (χ4n) is 2.94. The van der Waals surface area contributed by atoms with Gasteiger partial charge in [-0.15, -0.1) is 0 Å². The van der Waals surface area contributed by atoms with Crippen molar-refractivity contribution in [2.24, 2.45) is 5.92 Å². The standard InChI is InChI=1S/C20H29ClN4O/c1-12(2)8-17(11-26)22-20-24-18(23-19(21)25-20)10-15(5)16-7-6-13(3)14(4)9-16/h6-7,9,12,15,17,26H,8,10-11H2,1-5H3,(H,22,23,24,25). The second-order valence-corrected chi connectivity index (χ2v) is 7.78. The highest BCUT2D eigenvalue weighted by atomic mass is 35.5. The zero-order valence-electron chi connectivity index (χ0n) is 16.3. The Balaban J connectivity index is 2.14. The van der Waals surface area contributed by atoms with E-state index < -0.39 is 0 Å². The SMILES string of the molecule is Cc1ccc(C(C)Cc2nc(Cl)nc(NC(CO)CC(C)C)n2)cc1C. The Labute approximate surface area is 161 Å². The van der Waals surface area contributed by atoms with Gasteiger partial charge >= 0.3 is 0 Å². The van der Waals surface area contributed by atoms with Crippen molar-refractivity contribution < 1.29 is 5.11 Å². The average Bonchev–Trinajstić information content (AvgIpc) is 2.55. The Morgan fingerprint density at radius 2 is 1.81 bits per heavy atom. The molecular weight excluding hydrogens is 348 g/mol. The molecule has 0 aliphatic heterocycles. The lowest BCUT2D eigenvalue weighted by atomic mass is 9.94. The van der Waals surface area contributed by atoms with Crippen molar-refractivity contribution in [1.29, 1.82) is 0 Å². The van der Waals surface area contributed by atoms with Crippen LogP contribution in [0.1, 0.15) is 55.6 Å².